The summed E-state index contributed by atoms with van der Waals surface area (Å²) in [5.74, 6) is 0.126. The Morgan fingerprint density at radius 3 is 2.57 bits per heavy atom. The maximum absolute atomic E-state index is 12.8. The third-order valence-corrected chi connectivity index (χ3v) is 4.40. The van der Waals surface area contributed by atoms with E-state index in [-0.39, 0.29) is 5.91 Å². The molecular weight excluding hydrogens is 262 g/mol. The van der Waals surface area contributed by atoms with Crippen molar-refractivity contribution >= 4 is 11.6 Å². The van der Waals surface area contributed by atoms with Crippen molar-refractivity contribution in [2.24, 2.45) is 0 Å². The van der Waals surface area contributed by atoms with Gasteiger partial charge in [0.15, 0.2) is 0 Å². The highest BCUT2D eigenvalue weighted by molar-refractivity contribution is 5.99. The average molecular weight is 289 g/mol. The molecule has 1 amide bonds. The van der Waals surface area contributed by atoms with Crippen LogP contribution in [0.1, 0.15) is 37.0 Å². The first-order chi connectivity index (χ1) is 10.2. The number of hydrogen-bond acceptors (Lipinski definition) is 3. The van der Waals surface area contributed by atoms with Gasteiger partial charge in [-0.05, 0) is 38.4 Å². The Kier molecular flexibility index (Phi) is 5.62. The van der Waals surface area contributed by atoms with E-state index in [1.165, 1.54) is 0 Å². The first-order valence-corrected chi connectivity index (χ1v) is 7.99. The van der Waals surface area contributed by atoms with Crippen LogP contribution in [0.2, 0.25) is 0 Å². The molecule has 0 atom stereocenters. The maximum Gasteiger partial charge on any atom is 0.255 e. The second kappa shape index (κ2) is 7.46. The summed E-state index contributed by atoms with van der Waals surface area (Å²) in [5, 5.41) is 3.28. The van der Waals surface area contributed by atoms with Crippen LogP contribution < -0.4 is 5.32 Å². The molecule has 116 valence electrons. The first-order valence-electron chi connectivity index (χ1n) is 7.99. The summed E-state index contributed by atoms with van der Waals surface area (Å²) >= 11 is 0. The molecule has 1 N–H and O–H groups in total. The minimum absolute atomic E-state index is 0.126. The Labute approximate surface area is 128 Å². The van der Waals surface area contributed by atoms with E-state index in [2.05, 4.69) is 17.1 Å². The second-order valence-electron chi connectivity index (χ2n) is 5.66. The van der Waals surface area contributed by atoms with Crippen molar-refractivity contribution in [3.63, 3.8) is 0 Å². The summed E-state index contributed by atoms with van der Waals surface area (Å²) in [4.78, 5) is 17.1. The summed E-state index contributed by atoms with van der Waals surface area (Å²) in [6.07, 6.45) is 2.14. The van der Waals surface area contributed by atoms with Gasteiger partial charge in [0.05, 0.1) is 5.56 Å². The molecule has 0 radical (unpaired) electrons. The topological polar surface area (TPSA) is 35.6 Å². The molecule has 0 aromatic heterocycles. The average Bonchev–Trinajstić information content (AvgIpc) is 2.54. The quantitative estimate of drug-likeness (QED) is 0.905. The van der Waals surface area contributed by atoms with Crippen molar-refractivity contribution in [1.82, 2.24) is 9.80 Å². The Balaban J connectivity index is 2.06. The van der Waals surface area contributed by atoms with Gasteiger partial charge >= 0.3 is 0 Å². The van der Waals surface area contributed by atoms with Gasteiger partial charge in [0.1, 0.15) is 0 Å². The summed E-state index contributed by atoms with van der Waals surface area (Å²) in [7, 11) is 1.94. The maximum atomic E-state index is 12.8. The largest absolute Gasteiger partial charge is 0.385 e. The van der Waals surface area contributed by atoms with Gasteiger partial charge in [-0.1, -0.05) is 19.1 Å². The number of likely N-dealkylation sites (tertiary alicyclic amines) is 1. The molecule has 2 rings (SSSR count). The number of rotatable bonds is 5. The van der Waals surface area contributed by atoms with Crippen LogP contribution in [0.4, 0.5) is 5.69 Å². The van der Waals surface area contributed by atoms with Crippen LogP contribution in [-0.2, 0) is 0 Å². The SMILES string of the molecule is CCNc1ccccc1C(=O)N(C)C1CCN(CC)CC1. The van der Waals surface area contributed by atoms with Gasteiger partial charge in [-0.25, -0.2) is 0 Å². The molecule has 1 aromatic rings. The molecule has 0 unspecified atom stereocenters. The Morgan fingerprint density at radius 1 is 1.29 bits per heavy atom. The van der Waals surface area contributed by atoms with E-state index in [0.717, 1.165) is 50.3 Å². The lowest BCUT2D eigenvalue weighted by molar-refractivity contribution is 0.0648. The predicted molar refractivity (Wildman–Crippen MR) is 87.8 cm³/mol. The lowest BCUT2D eigenvalue weighted by Crippen LogP contribution is -2.45. The fraction of sp³-hybridized carbons (Fsp3) is 0.588. The second-order valence-corrected chi connectivity index (χ2v) is 5.66. The van der Waals surface area contributed by atoms with Gasteiger partial charge < -0.3 is 15.1 Å². The minimum atomic E-state index is 0.126. The molecule has 1 fully saturated rings. The van der Waals surface area contributed by atoms with Gasteiger partial charge in [-0.2, -0.15) is 0 Å². The fourth-order valence-corrected chi connectivity index (χ4v) is 2.99. The van der Waals surface area contributed by atoms with Crippen LogP contribution in [0.3, 0.4) is 0 Å². The number of nitrogens with one attached hydrogen (secondary N) is 1. The summed E-state index contributed by atoms with van der Waals surface area (Å²) in [6, 6.07) is 8.15. The summed E-state index contributed by atoms with van der Waals surface area (Å²) in [5.41, 5.74) is 1.71. The van der Waals surface area contributed by atoms with E-state index in [0.29, 0.717) is 6.04 Å². The molecule has 4 nitrogen and oxygen atoms in total. The van der Waals surface area contributed by atoms with Crippen molar-refractivity contribution in [3.8, 4) is 0 Å². The van der Waals surface area contributed by atoms with Gasteiger partial charge in [-0.3, -0.25) is 4.79 Å². The number of amides is 1. The Bertz CT molecular complexity index is 467. The third kappa shape index (κ3) is 3.76. The van der Waals surface area contributed by atoms with Gasteiger partial charge in [0.25, 0.3) is 5.91 Å². The Hall–Kier alpha value is -1.55. The Morgan fingerprint density at radius 2 is 1.95 bits per heavy atom. The number of nitrogens with zero attached hydrogens (tertiary/aromatic N) is 2. The highest BCUT2D eigenvalue weighted by Crippen LogP contribution is 2.21. The molecule has 1 aliphatic heterocycles. The van der Waals surface area contributed by atoms with Crippen molar-refractivity contribution < 1.29 is 4.79 Å². The summed E-state index contributed by atoms with van der Waals surface area (Å²) < 4.78 is 0. The van der Waals surface area contributed by atoms with Crippen LogP contribution in [0.15, 0.2) is 24.3 Å². The molecule has 1 heterocycles. The molecule has 1 aliphatic rings. The van der Waals surface area contributed by atoms with Crippen LogP contribution in [0, 0.1) is 0 Å². The molecule has 0 spiro atoms. The molecular formula is C17H27N3O. The lowest BCUT2D eigenvalue weighted by Gasteiger charge is -2.36. The standard InChI is InChI=1S/C17H27N3O/c1-4-18-16-9-7-6-8-15(16)17(21)19(3)14-10-12-20(5-2)13-11-14/h6-9,14,18H,4-5,10-13H2,1-3H3. The molecule has 0 bridgehead atoms. The van der Waals surface area contributed by atoms with Crippen molar-refractivity contribution in [2.75, 3.05) is 38.5 Å². The number of carbonyl (C=O) groups is 1. The number of piperidine rings is 1. The van der Waals surface area contributed by atoms with E-state index in [9.17, 15) is 4.79 Å². The number of carbonyl (C=O) groups excluding carboxylic acids is 1. The first kappa shape index (κ1) is 15.8. The molecule has 1 saturated heterocycles. The van der Waals surface area contributed by atoms with E-state index in [4.69, 9.17) is 0 Å². The minimum Gasteiger partial charge on any atom is -0.385 e. The fourth-order valence-electron chi connectivity index (χ4n) is 2.99. The number of para-hydroxylation sites is 1. The monoisotopic (exact) mass is 289 g/mol. The number of benzene rings is 1. The van der Waals surface area contributed by atoms with E-state index in [1.807, 2.05) is 43.1 Å². The zero-order valence-corrected chi connectivity index (χ0v) is 13.4. The van der Waals surface area contributed by atoms with Crippen LogP contribution in [0.25, 0.3) is 0 Å². The van der Waals surface area contributed by atoms with Crippen LogP contribution in [-0.4, -0.2) is 55.0 Å². The molecule has 4 heteroatoms. The van der Waals surface area contributed by atoms with Crippen LogP contribution in [0.5, 0.6) is 0 Å². The molecule has 0 saturated carbocycles. The zero-order chi connectivity index (χ0) is 15.2. The van der Waals surface area contributed by atoms with Gasteiger partial charge in [-0.15, -0.1) is 0 Å². The van der Waals surface area contributed by atoms with Gasteiger partial charge in [0.2, 0.25) is 0 Å². The summed E-state index contributed by atoms with van der Waals surface area (Å²) in [6.45, 7) is 8.35. The van der Waals surface area contributed by atoms with Gasteiger partial charge in [0, 0.05) is 38.4 Å². The smallest absolute Gasteiger partial charge is 0.255 e. The highest BCUT2D eigenvalue weighted by Gasteiger charge is 2.26. The van der Waals surface area contributed by atoms with E-state index >= 15 is 0 Å². The molecule has 0 aliphatic carbocycles. The van der Waals surface area contributed by atoms with Crippen LogP contribution >= 0.6 is 0 Å². The van der Waals surface area contributed by atoms with Crippen molar-refractivity contribution in [3.05, 3.63) is 29.8 Å². The normalized spacial score (nSPS) is 16.7. The third-order valence-electron chi connectivity index (χ3n) is 4.40. The predicted octanol–water partition coefficient (Wildman–Crippen LogP) is 2.67. The number of hydrogen-bond donors (Lipinski definition) is 1. The van der Waals surface area contributed by atoms with E-state index < -0.39 is 0 Å². The highest BCUT2D eigenvalue weighted by atomic mass is 16.2. The van der Waals surface area contributed by atoms with Crippen molar-refractivity contribution in [2.45, 2.75) is 32.7 Å². The molecule has 1 aromatic carbocycles. The van der Waals surface area contributed by atoms with Crippen molar-refractivity contribution in [1.29, 1.82) is 0 Å². The van der Waals surface area contributed by atoms with E-state index in [1.54, 1.807) is 0 Å². The molecule has 21 heavy (non-hydrogen) atoms. The number of anilines is 1. The lowest BCUT2D eigenvalue weighted by atomic mass is 10.0. The zero-order valence-electron chi connectivity index (χ0n) is 13.4.